The first-order valence-corrected chi connectivity index (χ1v) is 10.8. The zero-order valence-electron chi connectivity index (χ0n) is 16.5. The molecule has 0 saturated carbocycles. The summed E-state index contributed by atoms with van der Waals surface area (Å²) in [6, 6.07) is 12.4. The monoisotopic (exact) mass is 388 g/mol. The number of ether oxygens (including phenoxy) is 1. The lowest BCUT2D eigenvalue weighted by molar-refractivity contribution is 0.413. The number of hydrogen-bond donors (Lipinski definition) is 1. The zero-order chi connectivity index (χ0) is 19.6. The number of benzene rings is 2. The molecule has 2 aromatic rings. The van der Waals surface area contributed by atoms with Crippen molar-refractivity contribution in [2.24, 2.45) is 0 Å². The van der Waals surface area contributed by atoms with Gasteiger partial charge in [-0.15, -0.1) is 0 Å². The Bertz CT molecular complexity index is 902. The molecule has 0 amide bonds. The van der Waals surface area contributed by atoms with Gasteiger partial charge in [0, 0.05) is 24.8 Å². The Kier molecular flexibility index (Phi) is 5.77. The smallest absolute Gasteiger partial charge is 0.241 e. The number of nitrogens with one attached hydrogen (secondary N) is 1. The van der Waals surface area contributed by atoms with Gasteiger partial charge in [-0.3, -0.25) is 0 Å². The van der Waals surface area contributed by atoms with Gasteiger partial charge in [-0.2, -0.15) is 0 Å². The molecule has 0 aliphatic carbocycles. The molecule has 0 radical (unpaired) electrons. The molecule has 0 unspecified atom stereocenters. The van der Waals surface area contributed by atoms with Crippen molar-refractivity contribution in [3.05, 3.63) is 53.1 Å². The summed E-state index contributed by atoms with van der Waals surface area (Å²) in [7, 11) is -1.96. The predicted octanol–water partition coefficient (Wildman–Crippen LogP) is 3.43. The van der Waals surface area contributed by atoms with Crippen LogP contribution in [0.15, 0.2) is 41.3 Å². The van der Waals surface area contributed by atoms with E-state index in [-0.39, 0.29) is 0 Å². The molecule has 5 nitrogen and oxygen atoms in total. The van der Waals surface area contributed by atoms with Crippen LogP contribution >= 0.6 is 0 Å². The molecule has 1 heterocycles. The van der Waals surface area contributed by atoms with Crippen LogP contribution in [0.25, 0.3) is 0 Å². The standard InChI is InChI=1S/C21H28N2O3S/c1-15-12-19(26-4)13-16(2)21(15)27(24,25)22-10-7-11-23-17(3)14-18-8-5-6-9-20(18)23/h5-6,8-9,12-13,17,22H,7,10-11,14H2,1-4H3/t17-/m1/s1. The number of aryl methyl sites for hydroxylation is 2. The van der Waals surface area contributed by atoms with Gasteiger partial charge in [0.2, 0.25) is 10.0 Å². The van der Waals surface area contributed by atoms with Crippen LogP contribution in [0.1, 0.15) is 30.0 Å². The van der Waals surface area contributed by atoms with Gasteiger partial charge in [0.1, 0.15) is 5.75 Å². The highest BCUT2D eigenvalue weighted by Crippen LogP contribution is 2.31. The summed E-state index contributed by atoms with van der Waals surface area (Å²) in [5.74, 6) is 0.672. The highest BCUT2D eigenvalue weighted by atomic mass is 32.2. The summed E-state index contributed by atoms with van der Waals surface area (Å²) in [4.78, 5) is 2.72. The van der Waals surface area contributed by atoms with E-state index >= 15 is 0 Å². The van der Waals surface area contributed by atoms with Crippen molar-refractivity contribution in [2.45, 2.75) is 44.6 Å². The van der Waals surface area contributed by atoms with Crippen molar-refractivity contribution in [1.82, 2.24) is 4.72 Å². The van der Waals surface area contributed by atoms with Crippen LogP contribution in [0.5, 0.6) is 5.75 Å². The van der Waals surface area contributed by atoms with E-state index in [1.807, 2.05) is 0 Å². The minimum absolute atomic E-state index is 0.350. The third-order valence-corrected chi connectivity index (χ3v) is 6.92. The molecule has 1 N–H and O–H groups in total. The van der Waals surface area contributed by atoms with Crippen LogP contribution in [0.4, 0.5) is 5.69 Å². The number of hydrogen-bond acceptors (Lipinski definition) is 4. The Morgan fingerprint density at radius 2 is 1.85 bits per heavy atom. The SMILES string of the molecule is COc1cc(C)c(S(=O)(=O)NCCCN2c3ccccc3C[C@H]2C)c(C)c1. The lowest BCUT2D eigenvalue weighted by atomic mass is 10.1. The van der Waals surface area contributed by atoms with Crippen molar-refractivity contribution in [3.63, 3.8) is 0 Å². The summed E-state index contributed by atoms with van der Waals surface area (Å²) in [6.45, 7) is 7.06. The average Bonchev–Trinajstić information content (AvgIpc) is 2.93. The molecule has 1 atom stereocenters. The Balaban J connectivity index is 1.62. The second-order valence-corrected chi connectivity index (χ2v) is 8.92. The molecule has 0 fully saturated rings. The fraction of sp³-hybridized carbons (Fsp3) is 0.429. The lowest BCUT2D eigenvalue weighted by Crippen LogP contribution is -2.33. The van der Waals surface area contributed by atoms with Crippen LogP contribution in [0.3, 0.4) is 0 Å². The minimum Gasteiger partial charge on any atom is -0.497 e. The summed E-state index contributed by atoms with van der Waals surface area (Å²) >= 11 is 0. The average molecular weight is 389 g/mol. The maximum atomic E-state index is 12.8. The maximum Gasteiger partial charge on any atom is 0.241 e. The molecular weight excluding hydrogens is 360 g/mol. The number of fused-ring (bicyclic) bond motifs is 1. The van der Waals surface area contributed by atoms with Crippen LogP contribution in [-0.2, 0) is 16.4 Å². The molecule has 6 heteroatoms. The molecule has 1 aliphatic heterocycles. The Hall–Kier alpha value is -2.05. The van der Waals surface area contributed by atoms with Gasteiger partial charge in [0.15, 0.2) is 0 Å². The fourth-order valence-corrected chi connectivity index (χ4v) is 5.47. The van der Waals surface area contributed by atoms with E-state index in [0.29, 0.717) is 34.4 Å². The Morgan fingerprint density at radius 3 is 2.52 bits per heavy atom. The lowest BCUT2D eigenvalue weighted by Gasteiger charge is -2.25. The molecule has 0 spiro atoms. The van der Waals surface area contributed by atoms with Crippen LogP contribution in [0, 0.1) is 13.8 Å². The van der Waals surface area contributed by atoms with Gasteiger partial charge in [-0.05, 0) is 68.5 Å². The van der Waals surface area contributed by atoms with Crippen LogP contribution in [-0.4, -0.2) is 34.7 Å². The van der Waals surface area contributed by atoms with E-state index in [2.05, 4.69) is 40.8 Å². The normalized spacial score (nSPS) is 16.4. The molecule has 0 bridgehead atoms. The molecule has 0 saturated heterocycles. The first-order valence-electron chi connectivity index (χ1n) is 9.33. The van der Waals surface area contributed by atoms with E-state index in [0.717, 1.165) is 19.4 Å². The maximum absolute atomic E-state index is 12.8. The number of anilines is 1. The second kappa shape index (κ2) is 7.90. The Labute approximate surface area is 162 Å². The largest absolute Gasteiger partial charge is 0.497 e. The molecule has 2 aromatic carbocycles. The van der Waals surface area contributed by atoms with Gasteiger partial charge in [-0.1, -0.05) is 18.2 Å². The number of methoxy groups -OCH3 is 1. The Morgan fingerprint density at radius 1 is 1.19 bits per heavy atom. The van der Waals surface area contributed by atoms with Crippen molar-refractivity contribution >= 4 is 15.7 Å². The van der Waals surface area contributed by atoms with E-state index in [9.17, 15) is 8.42 Å². The number of sulfonamides is 1. The van der Waals surface area contributed by atoms with Crippen molar-refractivity contribution in [3.8, 4) is 5.75 Å². The molecule has 1 aliphatic rings. The highest BCUT2D eigenvalue weighted by Gasteiger charge is 2.25. The van der Waals surface area contributed by atoms with Crippen LogP contribution < -0.4 is 14.4 Å². The second-order valence-electron chi connectivity index (χ2n) is 7.22. The molecule has 0 aromatic heterocycles. The first-order chi connectivity index (χ1) is 12.8. The zero-order valence-corrected chi connectivity index (χ0v) is 17.3. The summed E-state index contributed by atoms with van der Waals surface area (Å²) in [5, 5.41) is 0. The highest BCUT2D eigenvalue weighted by molar-refractivity contribution is 7.89. The summed E-state index contributed by atoms with van der Waals surface area (Å²) in [6.07, 6.45) is 1.80. The number of para-hydroxylation sites is 1. The third-order valence-electron chi connectivity index (χ3n) is 5.15. The van der Waals surface area contributed by atoms with Crippen LogP contribution in [0.2, 0.25) is 0 Å². The van der Waals surface area contributed by atoms with E-state index < -0.39 is 10.0 Å². The first kappa shape index (κ1) is 19.7. The molecule has 27 heavy (non-hydrogen) atoms. The van der Waals surface area contributed by atoms with E-state index in [1.165, 1.54) is 11.3 Å². The van der Waals surface area contributed by atoms with Gasteiger partial charge in [-0.25, -0.2) is 13.1 Å². The molecule has 3 rings (SSSR count). The van der Waals surface area contributed by atoms with Crippen molar-refractivity contribution in [1.29, 1.82) is 0 Å². The third kappa shape index (κ3) is 4.12. The minimum atomic E-state index is -3.54. The fourth-order valence-electron chi connectivity index (χ4n) is 3.95. The van der Waals surface area contributed by atoms with Crippen molar-refractivity contribution in [2.75, 3.05) is 25.1 Å². The van der Waals surface area contributed by atoms with Gasteiger partial charge in [0.05, 0.1) is 12.0 Å². The van der Waals surface area contributed by atoms with E-state index in [4.69, 9.17) is 4.74 Å². The van der Waals surface area contributed by atoms with Gasteiger partial charge >= 0.3 is 0 Å². The topological polar surface area (TPSA) is 58.6 Å². The summed E-state index contributed by atoms with van der Waals surface area (Å²) < 4.78 is 33.5. The van der Waals surface area contributed by atoms with Crippen molar-refractivity contribution < 1.29 is 13.2 Å². The number of nitrogens with zero attached hydrogens (tertiary/aromatic N) is 1. The molecular formula is C21H28N2O3S. The number of rotatable bonds is 7. The van der Waals surface area contributed by atoms with E-state index in [1.54, 1.807) is 33.1 Å². The summed E-state index contributed by atoms with van der Waals surface area (Å²) in [5.41, 5.74) is 4.03. The quantitative estimate of drug-likeness (QED) is 0.739. The predicted molar refractivity (Wildman–Crippen MR) is 109 cm³/mol. The van der Waals surface area contributed by atoms with Gasteiger partial charge in [0.25, 0.3) is 0 Å². The van der Waals surface area contributed by atoms with Gasteiger partial charge < -0.3 is 9.64 Å². The molecule has 146 valence electrons.